The van der Waals surface area contributed by atoms with Crippen molar-refractivity contribution in [2.24, 2.45) is 0 Å². The molecule has 2 N–H and O–H groups in total. The number of nitrogen functional groups attached to an aromatic ring is 1. The van der Waals surface area contributed by atoms with Gasteiger partial charge in [-0.05, 0) is 12.1 Å². The second-order valence-electron chi connectivity index (χ2n) is 5.07. The third-order valence-corrected chi connectivity index (χ3v) is 4.26. The summed E-state index contributed by atoms with van der Waals surface area (Å²) in [4.78, 5) is 0. The first-order valence-corrected chi connectivity index (χ1v) is 8.30. The Kier molecular flexibility index (Phi) is 4.98. The van der Waals surface area contributed by atoms with Gasteiger partial charge in [0.05, 0.1) is 16.9 Å². The third-order valence-electron chi connectivity index (χ3n) is 3.31. The molecule has 0 saturated heterocycles. The van der Waals surface area contributed by atoms with E-state index < -0.39 is 11.7 Å². The van der Waals surface area contributed by atoms with Crippen molar-refractivity contribution in [1.29, 1.82) is 0 Å². The van der Waals surface area contributed by atoms with Crippen LogP contribution in [0.1, 0.15) is 11.5 Å². The number of halogens is 3. The summed E-state index contributed by atoms with van der Waals surface area (Å²) in [6.07, 6.45) is -2.87. The molecule has 26 heavy (non-hydrogen) atoms. The molecule has 0 fully saturated rings. The number of anilines is 1. The lowest BCUT2D eigenvalue weighted by Crippen LogP contribution is -2.06. The van der Waals surface area contributed by atoms with E-state index >= 15 is 0 Å². The number of allylic oxidation sites excluding steroid dienone is 1. The highest BCUT2D eigenvalue weighted by molar-refractivity contribution is 7.98. The second-order valence-corrected chi connectivity index (χ2v) is 6.02. The molecule has 0 atom stereocenters. The van der Waals surface area contributed by atoms with Crippen molar-refractivity contribution in [2.75, 3.05) is 5.73 Å². The Morgan fingerprint density at radius 2 is 1.96 bits per heavy atom. The van der Waals surface area contributed by atoms with E-state index in [-0.39, 0.29) is 29.0 Å². The van der Waals surface area contributed by atoms with E-state index in [1.807, 2.05) is 0 Å². The molecular formula is C15H13F3N6OS. The maximum atomic E-state index is 13.1. The monoisotopic (exact) mass is 382 g/mol. The smallest absolute Gasteiger partial charge is 0.417 e. The molecule has 0 radical (unpaired) electrons. The van der Waals surface area contributed by atoms with Crippen molar-refractivity contribution in [2.45, 2.75) is 23.6 Å². The summed E-state index contributed by atoms with van der Waals surface area (Å²) in [5, 5.41) is 15.7. The summed E-state index contributed by atoms with van der Waals surface area (Å²) in [5.41, 5.74) is 4.71. The molecule has 1 aromatic carbocycles. The van der Waals surface area contributed by atoms with Crippen molar-refractivity contribution < 1.29 is 17.6 Å². The molecule has 0 bridgehead atoms. The van der Waals surface area contributed by atoms with Crippen LogP contribution in [-0.2, 0) is 18.5 Å². The summed E-state index contributed by atoms with van der Waals surface area (Å²) in [6, 6.07) is 5.03. The summed E-state index contributed by atoms with van der Waals surface area (Å²) >= 11 is 1.22. The Morgan fingerprint density at radius 1 is 1.19 bits per heavy atom. The zero-order valence-corrected chi connectivity index (χ0v) is 14.1. The molecule has 3 rings (SSSR count). The average molecular weight is 382 g/mol. The van der Waals surface area contributed by atoms with Crippen molar-refractivity contribution in [3.63, 3.8) is 0 Å². The van der Waals surface area contributed by atoms with Crippen LogP contribution >= 0.6 is 11.8 Å². The van der Waals surface area contributed by atoms with Gasteiger partial charge in [0.15, 0.2) is 5.16 Å². The molecule has 0 unspecified atom stereocenters. The zero-order valence-electron chi connectivity index (χ0n) is 13.3. The van der Waals surface area contributed by atoms with E-state index in [1.54, 1.807) is 10.6 Å². The Balaban J connectivity index is 1.79. The van der Waals surface area contributed by atoms with E-state index in [2.05, 4.69) is 27.0 Å². The molecule has 136 valence electrons. The largest absolute Gasteiger partial charge is 0.420 e. The van der Waals surface area contributed by atoms with Crippen LogP contribution in [0.5, 0.6) is 0 Å². The van der Waals surface area contributed by atoms with E-state index in [9.17, 15) is 13.2 Å². The molecule has 0 amide bonds. The van der Waals surface area contributed by atoms with Crippen LogP contribution in [0.25, 0.3) is 11.5 Å². The number of thioether (sulfide) groups is 1. The minimum Gasteiger partial charge on any atom is -0.420 e. The lowest BCUT2D eigenvalue weighted by molar-refractivity contribution is -0.137. The number of hydrogen-bond acceptors (Lipinski definition) is 7. The lowest BCUT2D eigenvalue weighted by Gasteiger charge is -2.09. The summed E-state index contributed by atoms with van der Waals surface area (Å²) in [6.45, 7) is 4.05. The first-order chi connectivity index (χ1) is 12.4. The number of hydrogen-bond donors (Lipinski definition) is 1. The molecular weight excluding hydrogens is 369 g/mol. The average Bonchev–Trinajstić information content (AvgIpc) is 3.21. The fourth-order valence-electron chi connectivity index (χ4n) is 2.17. The summed E-state index contributed by atoms with van der Waals surface area (Å²) < 4.78 is 46.3. The van der Waals surface area contributed by atoms with Crippen LogP contribution in [-0.4, -0.2) is 25.0 Å². The Bertz CT molecular complexity index is 920. The van der Waals surface area contributed by atoms with Gasteiger partial charge >= 0.3 is 6.18 Å². The van der Waals surface area contributed by atoms with Gasteiger partial charge < -0.3 is 10.2 Å². The molecule has 7 nitrogen and oxygen atoms in total. The van der Waals surface area contributed by atoms with E-state index in [4.69, 9.17) is 10.2 Å². The molecule has 2 aromatic heterocycles. The molecule has 11 heteroatoms. The number of nitrogens with two attached hydrogens (primary N) is 1. The molecule has 2 heterocycles. The van der Waals surface area contributed by atoms with Crippen LogP contribution in [0.2, 0.25) is 0 Å². The van der Waals surface area contributed by atoms with Gasteiger partial charge in [0.25, 0.3) is 0 Å². The zero-order chi connectivity index (χ0) is 18.7. The predicted octanol–water partition coefficient (Wildman–Crippen LogP) is 3.41. The lowest BCUT2D eigenvalue weighted by atomic mass is 10.1. The van der Waals surface area contributed by atoms with Crippen molar-refractivity contribution in [3.05, 3.63) is 48.4 Å². The maximum Gasteiger partial charge on any atom is 0.417 e. The van der Waals surface area contributed by atoms with Gasteiger partial charge in [-0.3, -0.25) is 4.57 Å². The number of benzene rings is 1. The first-order valence-electron chi connectivity index (χ1n) is 7.31. The fourth-order valence-corrected chi connectivity index (χ4v) is 2.96. The SMILES string of the molecule is C=CCn1c(N)nnc1SCc1nnc(-c2ccccc2C(F)(F)F)o1. The minimum absolute atomic E-state index is 0.161. The normalized spacial score (nSPS) is 11.7. The summed E-state index contributed by atoms with van der Waals surface area (Å²) in [7, 11) is 0. The van der Waals surface area contributed by atoms with E-state index in [1.165, 1.54) is 30.0 Å². The number of aromatic nitrogens is 5. The van der Waals surface area contributed by atoms with Crippen LogP contribution in [0.3, 0.4) is 0 Å². The minimum atomic E-state index is -4.52. The molecule has 0 aliphatic heterocycles. The van der Waals surface area contributed by atoms with Crippen LogP contribution in [0.15, 0.2) is 46.5 Å². The van der Waals surface area contributed by atoms with Gasteiger partial charge in [0.1, 0.15) is 0 Å². The summed E-state index contributed by atoms with van der Waals surface area (Å²) in [5.74, 6) is 0.406. The van der Waals surface area contributed by atoms with Gasteiger partial charge in [-0.2, -0.15) is 13.2 Å². The third kappa shape index (κ3) is 3.72. The second kappa shape index (κ2) is 7.20. The highest BCUT2D eigenvalue weighted by atomic mass is 32.2. The fraction of sp³-hybridized carbons (Fsp3) is 0.200. The maximum absolute atomic E-state index is 13.1. The molecule has 3 aromatic rings. The number of alkyl halides is 3. The van der Waals surface area contributed by atoms with Gasteiger partial charge in [0.2, 0.25) is 17.7 Å². The van der Waals surface area contributed by atoms with Crippen LogP contribution in [0.4, 0.5) is 19.1 Å². The number of rotatable bonds is 6. The molecule has 0 saturated carbocycles. The Labute approximate surface area is 150 Å². The number of nitrogens with zero attached hydrogens (tertiary/aromatic N) is 5. The van der Waals surface area contributed by atoms with Crippen LogP contribution < -0.4 is 5.73 Å². The highest BCUT2D eigenvalue weighted by Gasteiger charge is 2.34. The quantitative estimate of drug-likeness (QED) is 0.515. The highest BCUT2D eigenvalue weighted by Crippen LogP contribution is 2.36. The van der Waals surface area contributed by atoms with E-state index in [0.29, 0.717) is 11.7 Å². The van der Waals surface area contributed by atoms with Crippen LogP contribution in [0, 0.1) is 0 Å². The molecule has 0 aliphatic rings. The Hall–Kier alpha value is -2.82. The van der Waals surface area contributed by atoms with Crippen molar-refractivity contribution in [1.82, 2.24) is 25.0 Å². The van der Waals surface area contributed by atoms with Crippen molar-refractivity contribution >= 4 is 17.7 Å². The standard InChI is InChI=1S/C15H13F3N6OS/c1-2-7-24-13(19)22-23-14(24)26-8-11-20-21-12(25-11)9-5-3-4-6-10(9)15(16,17)18/h2-6H,1,7-8H2,(H2,19,22). The molecule has 0 aliphatic carbocycles. The van der Waals surface area contributed by atoms with Crippen molar-refractivity contribution in [3.8, 4) is 11.5 Å². The van der Waals surface area contributed by atoms with Gasteiger partial charge in [-0.15, -0.1) is 27.0 Å². The van der Waals surface area contributed by atoms with Gasteiger partial charge in [0, 0.05) is 6.54 Å². The predicted molar refractivity (Wildman–Crippen MR) is 88.9 cm³/mol. The van der Waals surface area contributed by atoms with E-state index in [0.717, 1.165) is 6.07 Å². The Morgan fingerprint density at radius 3 is 2.69 bits per heavy atom. The van der Waals surface area contributed by atoms with Gasteiger partial charge in [-0.1, -0.05) is 30.0 Å². The molecule has 0 spiro atoms. The first kappa shape index (κ1) is 18.0. The topological polar surface area (TPSA) is 95.7 Å². The van der Waals surface area contributed by atoms with Gasteiger partial charge in [-0.25, -0.2) is 0 Å².